The van der Waals surface area contributed by atoms with Crippen LogP contribution >= 0.6 is 0 Å². The highest BCUT2D eigenvalue weighted by molar-refractivity contribution is 7.90. The number of sulfone groups is 1. The molecular weight excluding hydrogens is 294 g/mol. The monoisotopic (exact) mass is 311 g/mol. The van der Waals surface area contributed by atoms with Gasteiger partial charge < -0.3 is 10.0 Å². The van der Waals surface area contributed by atoms with E-state index in [1.54, 1.807) is 13.0 Å². The van der Waals surface area contributed by atoms with Crippen molar-refractivity contribution in [3.05, 3.63) is 29.3 Å². The summed E-state index contributed by atoms with van der Waals surface area (Å²) < 4.78 is 23.2. The molecule has 1 aromatic rings. The van der Waals surface area contributed by atoms with Gasteiger partial charge in [0, 0.05) is 17.9 Å². The Labute approximate surface area is 123 Å². The number of nitrogens with zero attached hydrogens (tertiary/aromatic N) is 1. The molecule has 1 fully saturated rings. The topological polar surface area (TPSA) is 91.8 Å². The number of carboxylic acid groups (broad SMARTS) is 1. The third-order valence-corrected chi connectivity index (χ3v) is 4.53. The van der Waals surface area contributed by atoms with Crippen molar-refractivity contribution in [2.24, 2.45) is 0 Å². The second-order valence-electron chi connectivity index (χ2n) is 5.31. The summed E-state index contributed by atoms with van der Waals surface area (Å²) >= 11 is 0. The highest BCUT2D eigenvalue weighted by Crippen LogP contribution is 2.29. The minimum absolute atomic E-state index is 0.0579. The van der Waals surface area contributed by atoms with Crippen molar-refractivity contribution in [3.8, 4) is 0 Å². The second kappa shape index (κ2) is 5.48. The van der Waals surface area contributed by atoms with Crippen molar-refractivity contribution in [1.82, 2.24) is 4.90 Å². The van der Waals surface area contributed by atoms with E-state index in [1.807, 2.05) is 0 Å². The minimum Gasteiger partial charge on any atom is -0.480 e. The molecule has 0 atom stereocenters. The quantitative estimate of drug-likeness (QED) is 0.878. The van der Waals surface area contributed by atoms with Gasteiger partial charge in [-0.25, -0.2) is 8.42 Å². The van der Waals surface area contributed by atoms with Gasteiger partial charge in [0.2, 0.25) is 0 Å². The average Bonchev–Trinajstić information content (AvgIpc) is 3.18. The molecule has 7 heteroatoms. The number of amides is 1. The number of carbonyl (C=O) groups excluding carboxylic acids is 1. The van der Waals surface area contributed by atoms with Crippen LogP contribution in [0.3, 0.4) is 0 Å². The Morgan fingerprint density at radius 3 is 2.43 bits per heavy atom. The Bertz CT molecular complexity index is 691. The Morgan fingerprint density at radius 1 is 1.33 bits per heavy atom. The van der Waals surface area contributed by atoms with Gasteiger partial charge in [-0.2, -0.15) is 0 Å². The molecule has 0 aromatic heterocycles. The minimum atomic E-state index is -3.42. The first-order chi connectivity index (χ1) is 9.70. The van der Waals surface area contributed by atoms with Crippen LogP contribution < -0.4 is 0 Å². The van der Waals surface area contributed by atoms with Crippen LogP contribution in [0.4, 0.5) is 0 Å². The molecule has 0 radical (unpaired) electrons. The highest BCUT2D eigenvalue weighted by atomic mass is 32.2. The summed E-state index contributed by atoms with van der Waals surface area (Å²) in [5.41, 5.74) is 0.870. The van der Waals surface area contributed by atoms with Crippen molar-refractivity contribution in [1.29, 1.82) is 0 Å². The fourth-order valence-electron chi connectivity index (χ4n) is 2.12. The summed E-state index contributed by atoms with van der Waals surface area (Å²) in [5.74, 6) is -1.50. The Kier molecular flexibility index (Phi) is 4.04. The van der Waals surface area contributed by atoms with E-state index >= 15 is 0 Å². The number of hydrogen-bond acceptors (Lipinski definition) is 4. The van der Waals surface area contributed by atoms with Crippen LogP contribution in [0.15, 0.2) is 23.1 Å². The van der Waals surface area contributed by atoms with E-state index in [4.69, 9.17) is 5.11 Å². The Morgan fingerprint density at radius 2 is 1.95 bits per heavy atom. The fourth-order valence-corrected chi connectivity index (χ4v) is 2.76. The van der Waals surface area contributed by atoms with Gasteiger partial charge in [-0.15, -0.1) is 0 Å². The van der Waals surface area contributed by atoms with Crippen molar-refractivity contribution >= 4 is 21.7 Å². The SMILES string of the molecule is Cc1ccc(S(C)(=O)=O)cc1C(=O)N(CC(=O)O)C1CC1. The molecular formula is C14H17NO5S. The maximum atomic E-state index is 12.5. The molecule has 0 aliphatic heterocycles. The normalized spacial score (nSPS) is 14.8. The molecule has 0 saturated heterocycles. The summed E-state index contributed by atoms with van der Waals surface area (Å²) in [6.07, 6.45) is 2.63. The van der Waals surface area contributed by atoms with E-state index in [1.165, 1.54) is 17.0 Å². The first-order valence-electron chi connectivity index (χ1n) is 6.53. The van der Waals surface area contributed by atoms with E-state index in [0.29, 0.717) is 5.56 Å². The van der Waals surface area contributed by atoms with Gasteiger partial charge >= 0.3 is 5.97 Å². The van der Waals surface area contributed by atoms with Gasteiger partial charge in [0.05, 0.1) is 4.90 Å². The lowest BCUT2D eigenvalue weighted by atomic mass is 10.1. The number of aliphatic carboxylic acids is 1. The van der Waals surface area contributed by atoms with Crippen LogP contribution in [0, 0.1) is 6.92 Å². The lowest BCUT2D eigenvalue weighted by Gasteiger charge is -2.21. The van der Waals surface area contributed by atoms with E-state index < -0.39 is 21.7 Å². The van der Waals surface area contributed by atoms with Crippen LogP contribution in [0.2, 0.25) is 0 Å². The Balaban J connectivity index is 2.39. The molecule has 1 N–H and O–H groups in total. The number of hydrogen-bond donors (Lipinski definition) is 1. The molecule has 0 unspecified atom stereocenters. The standard InChI is InChI=1S/C14H17NO5S/c1-9-3-6-11(21(2,19)20)7-12(9)14(18)15(8-13(16)17)10-4-5-10/h3,6-7,10H,4-5,8H2,1-2H3,(H,16,17). The molecule has 1 amide bonds. The molecule has 0 heterocycles. The number of aryl methyl sites for hydroxylation is 1. The molecule has 1 aliphatic carbocycles. The lowest BCUT2D eigenvalue weighted by molar-refractivity contribution is -0.137. The zero-order valence-electron chi connectivity index (χ0n) is 11.9. The van der Waals surface area contributed by atoms with Crippen molar-refractivity contribution in [3.63, 3.8) is 0 Å². The molecule has 2 rings (SSSR count). The van der Waals surface area contributed by atoms with Gasteiger partial charge in [0.25, 0.3) is 5.91 Å². The third kappa shape index (κ3) is 3.60. The zero-order chi connectivity index (χ0) is 15.8. The van der Waals surface area contributed by atoms with Gasteiger partial charge in [0.1, 0.15) is 6.54 Å². The summed E-state index contributed by atoms with van der Waals surface area (Å²) in [4.78, 5) is 24.8. The highest BCUT2D eigenvalue weighted by Gasteiger charge is 2.35. The average molecular weight is 311 g/mol. The van der Waals surface area contributed by atoms with Crippen molar-refractivity contribution < 1.29 is 23.1 Å². The number of benzene rings is 1. The Hall–Kier alpha value is -1.89. The molecule has 0 bridgehead atoms. The van der Waals surface area contributed by atoms with Crippen molar-refractivity contribution in [2.75, 3.05) is 12.8 Å². The molecule has 1 aliphatic rings. The van der Waals surface area contributed by atoms with E-state index in [9.17, 15) is 18.0 Å². The summed E-state index contributed by atoms with van der Waals surface area (Å²) in [6, 6.07) is 4.27. The van der Waals surface area contributed by atoms with Crippen LogP contribution in [-0.2, 0) is 14.6 Å². The summed E-state index contributed by atoms with van der Waals surface area (Å²) in [7, 11) is -3.42. The van der Waals surface area contributed by atoms with Crippen molar-refractivity contribution in [2.45, 2.75) is 30.7 Å². The predicted octanol–water partition coefficient (Wildman–Crippen LogP) is 1.09. The van der Waals surface area contributed by atoms with Crippen LogP contribution in [0.5, 0.6) is 0 Å². The summed E-state index contributed by atoms with van der Waals surface area (Å²) in [6.45, 7) is 1.33. The maximum absolute atomic E-state index is 12.5. The number of rotatable bonds is 5. The van der Waals surface area contributed by atoms with Gasteiger partial charge in [0.15, 0.2) is 9.84 Å². The van der Waals surface area contributed by atoms with E-state index in [2.05, 4.69) is 0 Å². The lowest BCUT2D eigenvalue weighted by Crippen LogP contribution is -2.37. The predicted molar refractivity (Wildman–Crippen MR) is 76.0 cm³/mol. The third-order valence-electron chi connectivity index (χ3n) is 3.42. The maximum Gasteiger partial charge on any atom is 0.323 e. The molecule has 21 heavy (non-hydrogen) atoms. The first-order valence-corrected chi connectivity index (χ1v) is 8.43. The van der Waals surface area contributed by atoms with Gasteiger partial charge in [-0.3, -0.25) is 9.59 Å². The molecule has 0 spiro atoms. The molecule has 114 valence electrons. The zero-order valence-corrected chi connectivity index (χ0v) is 12.7. The molecule has 1 saturated carbocycles. The van der Waals surface area contributed by atoms with Crippen LogP contribution in [-0.4, -0.2) is 49.1 Å². The van der Waals surface area contributed by atoms with Crippen LogP contribution in [0.1, 0.15) is 28.8 Å². The smallest absolute Gasteiger partial charge is 0.323 e. The van der Waals surface area contributed by atoms with Gasteiger partial charge in [-0.1, -0.05) is 6.07 Å². The largest absolute Gasteiger partial charge is 0.480 e. The molecule has 6 nitrogen and oxygen atoms in total. The second-order valence-corrected chi connectivity index (χ2v) is 7.32. The van der Waals surface area contributed by atoms with E-state index in [0.717, 1.165) is 19.1 Å². The number of carboxylic acids is 1. The fraction of sp³-hybridized carbons (Fsp3) is 0.429. The van der Waals surface area contributed by atoms with Gasteiger partial charge in [-0.05, 0) is 37.5 Å². The molecule has 1 aromatic carbocycles. The first kappa shape index (κ1) is 15.5. The number of carbonyl (C=O) groups is 2. The van der Waals surface area contributed by atoms with E-state index in [-0.39, 0.29) is 23.0 Å². The van der Waals surface area contributed by atoms with Crippen LogP contribution in [0.25, 0.3) is 0 Å². The summed E-state index contributed by atoms with van der Waals surface area (Å²) in [5, 5.41) is 8.92.